The predicted molar refractivity (Wildman–Crippen MR) is 118 cm³/mol. The summed E-state index contributed by atoms with van der Waals surface area (Å²) in [5.41, 5.74) is 10.9. The summed E-state index contributed by atoms with van der Waals surface area (Å²) in [5, 5.41) is 43.2. The van der Waals surface area contributed by atoms with Crippen molar-refractivity contribution in [2.24, 2.45) is 0 Å². The molecule has 0 saturated carbocycles. The molecular formula is C24H36N4O6+2. The molecule has 2 rings (SSSR count). The van der Waals surface area contributed by atoms with Crippen LogP contribution in [0.5, 0.6) is 11.5 Å². The van der Waals surface area contributed by atoms with Crippen LogP contribution in [-0.2, 0) is 35.5 Å². The van der Waals surface area contributed by atoms with E-state index in [1.807, 2.05) is 24.3 Å². The first-order valence-electron chi connectivity index (χ1n) is 11.5. The third-order valence-electron chi connectivity index (χ3n) is 5.72. The molecule has 2 unspecified atom stereocenters. The summed E-state index contributed by atoms with van der Waals surface area (Å²) in [6.07, 6.45) is 1.48. The third-order valence-corrected chi connectivity index (χ3v) is 5.72. The number of phenols is 2. The number of phenolic OH excluding ortho intramolecular Hbond substituents is 2. The Bertz CT molecular complexity index is 891. The second-order valence-corrected chi connectivity index (χ2v) is 8.58. The first-order valence-corrected chi connectivity index (χ1v) is 11.5. The van der Waals surface area contributed by atoms with Crippen molar-refractivity contribution in [3.63, 3.8) is 0 Å². The minimum Gasteiger partial charge on any atom is -0.544 e. The molecule has 0 amide bonds. The molecular weight excluding hydrogens is 440 g/mol. The van der Waals surface area contributed by atoms with Crippen LogP contribution in [0.25, 0.3) is 0 Å². The van der Waals surface area contributed by atoms with Gasteiger partial charge in [-0.15, -0.1) is 0 Å². The highest BCUT2D eigenvalue weighted by atomic mass is 16.4. The van der Waals surface area contributed by atoms with Gasteiger partial charge in [-0.05, 0) is 35.4 Å². The van der Waals surface area contributed by atoms with Crippen molar-refractivity contribution in [1.82, 2.24) is 0 Å². The first-order chi connectivity index (χ1) is 16.2. The van der Waals surface area contributed by atoms with Crippen molar-refractivity contribution in [2.45, 2.75) is 25.9 Å². The molecule has 0 saturated heterocycles. The van der Waals surface area contributed by atoms with Crippen LogP contribution >= 0.6 is 0 Å². The Labute approximate surface area is 199 Å². The van der Waals surface area contributed by atoms with Crippen LogP contribution in [0.1, 0.15) is 22.3 Å². The van der Waals surface area contributed by atoms with Crippen LogP contribution in [-0.4, -0.2) is 61.4 Å². The summed E-state index contributed by atoms with van der Waals surface area (Å²) in [6.45, 7) is 1.93. The standard InChI is InChI=1S/C24H34N4O6/c25-7-5-17-1-3-21(29)19(11-17)13-27(15-23(31)32)9-10-28(16-24(33)34)14-20-12-18(6-8-26)2-4-22(20)30/h1-4,11-12,29-30H,5-10,13-16,25-26H2,(H,31,32)(H,33,34)/p+2. The zero-order valence-corrected chi connectivity index (χ0v) is 19.5. The van der Waals surface area contributed by atoms with Gasteiger partial charge in [-0.1, -0.05) is 12.1 Å². The maximum atomic E-state index is 11.4. The van der Waals surface area contributed by atoms with Crippen LogP contribution in [0.2, 0.25) is 0 Å². The van der Waals surface area contributed by atoms with Gasteiger partial charge in [-0.25, -0.2) is 0 Å². The highest BCUT2D eigenvalue weighted by Crippen LogP contribution is 2.18. The summed E-state index contributed by atoms with van der Waals surface area (Å²) < 4.78 is 0. The van der Waals surface area contributed by atoms with Crippen LogP contribution < -0.4 is 31.5 Å². The van der Waals surface area contributed by atoms with Gasteiger partial charge in [0.2, 0.25) is 0 Å². The molecule has 0 aliphatic carbocycles. The number of hydrogen-bond donors (Lipinski definition) is 6. The monoisotopic (exact) mass is 476 g/mol. The van der Waals surface area contributed by atoms with Gasteiger partial charge in [0.05, 0.1) is 25.0 Å². The number of carbonyl (C=O) groups is 2. The molecule has 2 aromatic carbocycles. The fraction of sp³-hybridized carbons (Fsp3) is 0.417. The smallest absolute Gasteiger partial charge is 0.127 e. The highest BCUT2D eigenvalue weighted by molar-refractivity contribution is 5.65. The van der Waals surface area contributed by atoms with E-state index in [0.29, 0.717) is 47.1 Å². The Morgan fingerprint density at radius 3 is 1.44 bits per heavy atom. The van der Waals surface area contributed by atoms with Crippen LogP contribution in [0.15, 0.2) is 36.4 Å². The summed E-state index contributed by atoms with van der Waals surface area (Å²) in [7, 11) is 0. The number of nitrogens with one attached hydrogen (secondary N) is 2. The lowest BCUT2D eigenvalue weighted by atomic mass is 10.1. The third kappa shape index (κ3) is 8.99. The normalized spacial score (nSPS) is 12.9. The van der Waals surface area contributed by atoms with E-state index >= 15 is 0 Å². The van der Waals surface area contributed by atoms with E-state index < -0.39 is 11.9 Å². The zero-order valence-electron chi connectivity index (χ0n) is 19.5. The average Bonchev–Trinajstić information content (AvgIpc) is 2.76. The number of carboxylic acids is 2. The van der Waals surface area contributed by atoms with Crippen molar-refractivity contribution in [2.75, 3.05) is 39.3 Å². The number of quaternary nitrogens is 4. The van der Waals surface area contributed by atoms with E-state index in [-0.39, 0.29) is 37.7 Å². The molecule has 0 aromatic heterocycles. The van der Waals surface area contributed by atoms with E-state index in [4.69, 9.17) is 0 Å². The number of carbonyl (C=O) groups excluding carboxylic acids is 2. The minimum atomic E-state index is -1.23. The first kappa shape index (κ1) is 27.1. The van der Waals surface area contributed by atoms with E-state index in [1.165, 1.54) is 0 Å². The SMILES string of the molecule is [NH3+]CCc1ccc(O)c(C[NH+](CC[NH+](CC(=O)[O-])Cc2cc(CC[NH3+])ccc2O)CC(=O)[O-])c1. The molecule has 2 atom stereocenters. The van der Waals surface area contributed by atoms with Gasteiger partial charge < -0.3 is 51.3 Å². The lowest BCUT2D eigenvalue weighted by Crippen LogP contribution is -3.20. The molecule has 0 radical (unpaired) electrons. The molecule has 2 aromatic rings. The highest BCUT2D eigenvalue weighted by Gasteiger charge is 2.19. The molecule has 0 spiro atoms. The van der Waals surface area contributed by atoms with Gasteiger partial charge in [0.25, 0.3) is 0 Å². The Balaban J connectivity index is 2.16. The minimum absolute atomic E-state index is 0.0785. The predicted octanol–water partition coefficient (Wildman–Crippen LogP) is -6.36. The fourth-order valence-electron chi connectivity index (χ4n) is 4.06. The maximum absolute atomic E-state index is 11.4. The number of aliphatic carboxylic acids is 2. The van der Waals surface area contributed by atoms with Gasteiger partial charge in [0.15, 0.2) is 0 Å². The second-order valence-electron chi connectivity index (χ2n) is 8.58. The van der Waals surface area contributed by atoms with Crippen LogP contribution in [0.4, 0.5) is 0 Å². The van der Waals surface area contributed by atoms with Crippen molar-refractivity contribution in [3.8, 4) is 11.5 Å². The quantitative estimate of drug-likeness (QED) is 0.148. The van der Waals surface area contributed by atoms with E-state index in [9.17, 15) is 30.0 Å². The zero-order chi connectivity index (χ0) is 25.1. The number of benzene rings is 2. The topological polar surface area (TPSA) is 185 Å². The molecule has 0 fully saturated rings. The molecule has 34 heavy (non-hydrogen) atoms. The summed E-state index contributed by atoms with van der Waals surface area (Å²) in [6, 6.07) is 10.5. The lowest BCUT2D eigenvalue weighted by Gasteiger charge is -2.25. The largest absolute Gasteiger partial charge is 0.544 e. The molecule has 0 aliphatic heterocycles. The molecule has 10 N–H and O–H groups in total. The molecule has 0 bridgehead atoms. The fourth-order valence-corrected chi connectivity index (χ4v) is 4.06. The van der Waals surface area contributed by atoms with E-state index in [1.54, 1.807) is 12.1 Å². The van der Waals surface area contributed by atoms with Crippen LogP contribution in [0, 0.1) is 0 Å². The molecule has 186 valence electrons. The van der Waals surface area contributed by atoms with Crippen molar-refractivity contribution in [1.29, 1.82) is 0 Å². The molecule has 0 aliphatic rings. The Morgan fingerprint density at radius 1 is 0.735 bits per heavy atom. The number of rotatable bonds is 15. The average molecular weight is 477 g/mol. The maximum Gasteiger partial charge on any atom is 0.127 e. The Hall–Kier alpha value is -3.18. The lowest BCUT2D eigenvalue weighted by molar-refractivity contribution is -0.965. The van der Waals surface area contributed by atoms with E-state index in [0.717, 1.165) is 24.0 Å². The Kier molecular flexibility index (Phi) is 10.8. The summed E-state index contributed by atoms with van der Waals surface area (Å²) in [4.78, 5) is 24.0. The summed E-state index contributed by atoms with van der Waals surface area (Å²) >= 11 is 0. The van der Waals surface area contributed by atoms with Crippen molar-refractivity contribution >= 4 is 11.9 Å². The van der Waals surface area contributed by atoms with Gasteiger partial charge in [-0.2, -0.15) is 0 Å². The number of aromatic hydroxyl groups is 2. The van der Waals surface area contributed by atoms with Gasteiger partial charge in [-0.3, -0.25) is 0 Å². The van der Waals surface area contributed by atoms with Gasteiger partial charge in [0.1, 0.15) is 50.8 Å². The summed E-state index contributed by atoms with van der Waals surface area (Å²) in [5.74, 6) is -2.31. The van der Waals surface area contributed by atoms with E-state index in [2.05, 4.69) is 11.5 Å². The van der Waals surface area contributed by atoms with Gasteiger partial charge in [0, 0.05) is 24.0 Å². The molecule has 0 heterocycles. The second kappa shape index (κ2) is 13.5. The molecule has 10 nitrogen and oxygen atoms in total. The van der Waals surface area contributed by atoms with Gasteiger partial charge >= 0.3 is 0 Å². The van der Waals surface area contributed by atoms with Crippen molar-refractivity contribution in [3.05, 3.63) is 58.7 Å². The number of hydrogen-bond acceptors (Lipinski definition) is 6. The molecule has 10 heteroatoms. The Morgan fingerprint density at radius 2 is 1.12 bits per heavy atom. The number of carboxylic acid groups (broad SMARTS) is 2. The van der Waals surface area contributed by atoms with Crippen LogP contribution in [0.3, 0.4) is 0 Å². The van der Waals surface area contributed by atoms with Crippen molar-refractivity contribution < 1.29 is 51.3 Å².